The van der Waals surface area contributed by atoms with Crippen LogP contribution >= 0.6 is 34.2 Å². The van der Waals surface area contributed by atoms with Gasteiger partial charge in [0.2, 0.25) is 5.91 Å². The molecule has 6 heteroatoms. The quantitative estimate of drug-likeness (QED) is 0.416. The van der Waals surface area contributed by atoms with Crippen molar-refractivity contribution in [1.82, 2.24) is 4.90 Å². The largest absolute Gasteiger partial charge is 0.491 e. The van der Waals surface area contributed by atoms with Crippen molar-refractivity contribution in [3.05, 3.63) is 34.9 Å². The number of carbonyl (C=O) groups excluding carboxylic acids is 1. The van der Waals surface area contributed by atoms with Gasteiger partial charge in [0, 0.05) is 25.4 Å². The summed E-state index contributed by atoms with van der Waals surface area (Å²) < 4.78 is 10.5. The Morgan fingerprint density at radius 2 is 2.19 bits per heavy atom. The fourth-order valence-electron chi connectivity index (χ4n) is 2.11. The van der Waals surface area contributed by atoms with Gasteiger partial charge in [-0.15, -0.1) is 0 Å². The Kier molecular flexibility index (Phi) is 5.89. The first kappa shape index (κ1) is 16.6. The molecule has 1 aliphatic heterocycles. The van der Waals surface area contributed by atoms with Crippen LogP contribution in [0, 0.1) is 0 Å². The van der Waals surface area contributed by atoms with Gasteiger partial charge in [0.15, 0.2) is 0 Å². The molecule has 1 aliphatic rings. The highest BCUT2D eigenvalue weighted by Gasteiger charge is 2.27. The Balaban J connectivity index is 2.19. The molecular weight excluding hydrogens is 405 g/mol. The molecule has 0 saturated heterocycles. The molecule has 21 heavy (non-hydrogen) atoms. The van der Waals surface area contributed by atoms with Crippen LogP contribution in [0.1, 0.15) is 12.0 Å². The number of rotatable bonds is 5. The van der Waals surface area contributed by atoms with E-state index in [4.69, 9.17) is 21.1 Å². The Labute approximate surface area is 143 Å². The third-order valence-electron chi connectivity index (χ3n) is 3.25. The number of carbonyl (C=O) groups is 1. The summed E-state index contributed by atoms with van der Waals surface area (Å²) in [4.78, 5) is 13.7. The second-order valence-electron chi connectivity index (χ2n) is 4.67. The zero-order valence-electron chi connectivity index (χ0n) is 11.9. The minimum atomic E-state index is -0.00761. The van der Waals surface area contributed by atoms with Gasteiger partial charge in [0.25, 0.3) is 0 Å². The van der Waals surface area contributed by atoms with Crippen molar-refractivity contribution >= 4 is 45.8 Å². The summed E-state index contributed by atoms with van der Waals surface area (Å²) in [6.45, 7) is 1.00. The number of ether oxygens (including phenoxy) is 2. The van der Waals surface area contributed by atoms with E-state index in [1.165, 1.54) is 0 Å². The third-order valence-corrected chi connectivity index (χ3v) is 4.60. The van der Waals surface area contributed by atoms with E-state index in [0.29, 0.717) is 24.0 Å². The number of nitrogens with zero attached hydrogens (tertiary/aromatic N) is 1. The van der Waals surface area contributed by atoms with Gasteiger partial charge in [0.1, 0.15) is 12.4 Å². The predicted octanol–water partition coefficient (Wildman–Crippen LogP) is 3.37. The van der Waals surface area contributed by atoms with Gasteiger partial charge < -0.3 is 14.4 Å². The molecule has 1 heterocycles. The van der Waals surface area contributed by atoms with Gasteiger partial charge >= 0.3 is 0 Å². The molecule has 1 amide bonds. The maximum Gasteiger partial charge on any atom is 0.240 e. The standard InChI is InChI=1S/C15H17ClINO3/c1-18-14(6-5-13(17)15(18)19)11-4-3-10(9-12(11)16)21-8-7-20-2/h3-4,6,9,13H,5,7-8H2,1-2H3. The molecule has 0 bridgehead atoms. The van der Waals surface area contributed by atoms with Crippen LogP contribution in [-0.4, -0.2) is 42.1 Å². The molecule has 1 atom stereocenters. The number of hydrogen-bond donors (Lipinski definition) is 0. The van der Waals surface area contributed by atoms with Crippen LogP contribution in [-0.2, 0) is 9.53 Å². The second-order valence-corrected chi connectivity index (χ2v) is 6.58. The van der Waals surface area contributed by atoms with E-state index in [0.717, 1.165) is 17.7 Å². The SMILES string of the molecule is COCCOc1ccc(C2=CCC(I)C(=O)N2C)c(Cl)c1. The number of benzene rings is 1. The summed E-state index contributed by atoms with van der Waals surface area (Å²) in [7, 11) is 3.40. The lowest BCUT2D eigenvalue weighted by Gasteiger charge is -2.28. The second kappa shape index (κ2) is 7.47. The van der Waals surface area contributed by atoms with Crippen LogP contribution in [0.3, 0.4) is 0 Å². The summed E-state index contributed by atoms with van der Waals surface area (Å²) >= 11 is 8.49. The zero-order valence-corrected chi connectivity index (χ0v) is 14.8. The molecule has 0 spiro atoms. The molecule has 1 aromatic carbocycles. The number of halogens is 2. The molecule has 1 unspecified atom stereocenters. The molecule has 0 aromatic heterocycles. The minimum absolute atomic E-state index is 0.00761. The molecule has 0 saturated carbocycles. The molecule has 0 radical (unpaired) electrons. The van der Waals surface area contributed by atoms with Crippen molar-refractivity contribution in [2.45, 2.75) is 10.3 Å². The monoisotopic (exact) mass is 421 g/mol. The molecule has 4 nitrogen and oxygen atoms in total. The van der Waals surface area contributed by atoms with Crippen LogP contribution in [0.2, 0.25) is 5.02 Å². The fraction of sp³-hybridized carbons (Fsp3) is 0.400. The van der Waals surface area contributed by atoms with Crippen molar-refractivity contribution in [3.63, 3.8) is 0 Å². The molecular formula is C15H17ClINO3. The van der Waals surface area contributed by atoms with Crippen LogP contribution in [0.25, 0.3) is 5.70 Å². The van der Waals surface area contributed by atoms with E-state index in [2.05, 4.69) is 22.6 Å². The van der Waals surface area contributed by atoms with Gasteiger partial charge in [-0.3, -0.25) is 4.79 Å². The maximum atomic E-state index is 12.1. The van der Waals surface area contributed by atoms with Crippen molar-refractivity contribution in [3.8, 4) is 5.75 Å². The molecule has 1 aromatic rings. The fourth-order valence-corrected chi connectivity index (χ4v) is 3.05. The van der Waals surface area contributed by atoms with E-state index >= 15 is 0 Å². The summed E-state index contributed by atoms with van der Waals surface area (Å²) in [5.41, 5.74) is 1.69. The predicted molar refractivity (Wildman–Crippen MR) is 92.0 cm³/mol. The van der Waals surface area contributed by atoms with Crippen LogP contribution in [0.4, 0.5) is 0 Å². The number of amides is 1. The highest BCUT2D eigenvalue weighted by molar-refractivity contribution is 14.1. The summed E-state index contributed by atoms with van der Waals surface area (Å²) in [6.07, 6.45) is 2.77. The van der Waals surface area contributed by atoms with Crippen LogP contribution < -0.4 is 4.74 Å². The van der Waals surface area contributed by atoms with Crippen molar-refractivity contribution in [2.24, 2.45) is 0 Å². The van der Waals surface area contributed by atoms with Crippen molar-refractivity contribution in [2.75, 3.05) is 27.4 Å². The molecule has 0 fully saturated rings. The van der Waals surface area contributed by atoms with Gasteiger partial charge in [-0.1, -0.05) is 40.3 Å². The lowest BCUT2D eigenvalue weighted by Crippen LogP contribution is -2.35. The first-order chi connectivity index (χ1) is 10.0. The molecule has 0 N–H and O–H groups in total. The average Bonchev–Trinajstić information content (AvgIpc) is 2.46. The first-order valence-corrected chi connectivity index (χ1v) is 8.20. The summed E-state index contributed by atoms with van der Waals surface area (Å²) in [5, 5.41) is 0.572. The highest BCUT2D eigenvalue weighted by Crippen LogP contribution is 2.33. The summed E-state index contributed by atoms with van der Waals surface area (Å²) in [5.74, 6) is 0.794. The highest BCUT2D eigenvalue weighted by atomic mass is 127. The van der Waals surface area contributed by atoms with Crippen LogP contribution in [0.15, 0.2) is 24.3 Å². The van der Waals surface area contributed by atoms with E-state index in [9.17, 15) is 4.79 Å². The zero-order chi connectivity index (χ0) is 15.4. The molecule has 2 rings (SSSR count). The Bertz CT molecular complexity index is 562. The van der Waals surface area contributed by atoms with Crippen LogP contribution in [0.5, 0.6) is 5.75 Å². The van der Waals surface area contributed by atoms with Gasteiger partial charge in [-0.2, -0.15) is 0 Å². The van der Waals surface area contributed by atoms with E-state index in [1.54, 1.807) is 25.1 Å². The third kappa shape index (κ3) is 3.90. The van der Waals surface area contributed by atoms with E-state index in [1.807, 2.05) is 18.2 Å². The van der Waals surface area contributed by atoms with Gasteiger partial charge in [0.05, 0.1) is 15.6 Å². The number of hydrogen-bond acceptors (Lipinski definition) is 3. The van der Waals surface area contributed by atoms with Gasteiger partial charge in [-0.05, 0) is 24.6 Å². The maximum absolute atomic E-state index is 12.1. The first-order valence-electron chi connectivity index (χ1n) is 6.58. The van der Waals surface area contributed by atoms with Crippen molar-refractivity contribution in [1.29, 1.82) is 0 Å². The summed E-state index contributed by atoms with van der Waals surface area (Å²) in [6, 6.07) is 5.50. The number of allylic oxidation sites excluding steroid dienone is 1. The Morgan fingerprint density at radius 3 is 2.86 bits per heavy atom. The molecule has 0 aliphatic carbocycles. The lowest BCUT2D eigenvalue weighted by molar-refractivity contribution is -0.126. The van der Waals surface area contributed by atoms with E-state index < -0.39 is 0 Å². The Hall–Kier alpha value is -0.790. The van der Waals surface area contributed by atoms with Gasteiger partial charge in [-0.25, -0.2) is 0 Å². The number of alkyl halides is 1. The number of methoxy groups -OCH3 is 1. The molecule has 114 valence electrons. The van der Waals surface area contributed by atoms with E-state index in [-0.39, 0.29) is 9.83 Å². The normalized spacial score (nSPS) is 18.7. The average molecular weight is 422 g/mol. The van der Waals surface area contributed by atoms with Crippen molar-refractivity contribution < 1.29 is 14.3 Å². The topological polar surface area (TPSA) is 38.8 Å². The Morgan fingerprint density at radius 1 is 1.43 bits per heavy atom. The smallest absolute Gasteiger partial charge is 0.240 e. The minimum Gasteiger partial charge on any atom is -0.491 e. The lowest BCUT2D eigenvalue weighted by atomic mass is 10.0.